The van der Waals surface area contributed by atoms with Crippen molar-refractivity contribution in [2.45, 2.75) is 64.6 Å². The van der Waals surface area contributed by atoms with E-state index in [9.17, 15) is 14.7 Å². The van der Waals surface area contributed by atoms with Crippen LogP contribution in [0.1, 0.15) is 56.3 Å². The summed E-state index contributed by atoms with van der Waals surface area (Å²) in [5, 5.41) is 17.6. The van der Waals surface area contributed by atoms with Gasteiger partial charge in [0.1, 0.15) is 23.7 Å². The number of nitrogens with zero attached hydrogens (tertiary/aromatic N) is 5. The van der Waals surface area contributed by atoms with E-state index in [0.717, 1.165) is 12.8 Å². The number of carboxylic acids is 1. The Morgan fingerprint density at radius 1 is 1.21 bits per heavy atom. The van der Waals surface area contributed by atoms with Gasteiger partial charge in [-0.25, -0.2) is 14.5 Å². The van der Waals surface area contributed by atoms with Crippen molar-refractivity contribution in [3.05, 3.63) is 23.5 Å². The minimum absolute atomic E-state index is 0.0459. The number of carboxylic acid groups (broad SMARTS) is 1. The van der Waals surface area contributed by atoms with Crippen LogP contribution >= 0.6 is 0 Å². The topological polar surface area (TPSA) is 120 Å². The Bertz CT molecular complexity index is 1030. The van der Waals surface area contributed by atoms with Crippen LogP contribution in [0.4, 0.5) is 4.79 Å². The molecular formula is C24H33N5O5. The molecule has 184 valence electrons. The summed E-state index contributed by atoms with van der Waals surface area (Å²) >= 11 is 0. The Kier molecular flexibility index (Phi) is 7.33. The fourth-order valence-electron chi connectivity index (χ4n) is 4.58. The SMILES string of the molecule is Cc1nc(-c2nnn(C)c2COC(=O)N(C)CC2CCC2)ccc1OC1CCCC(C(=O)O)C1. The third-order valence-corrected chi connectivity index (χ3v) is 6.89. The number of hydrogen-bond donors (Lipinski definition) is 1. The maximum Gasteiger partial charge on any atom is 0.409 e. The highest BCUT2D eigenvalue weighted by Gasteiger charge is 2.29. The molecule has 34 heavy (non-hydrogen) atoms. The van der Waals surface area contributed by atoms with Crippen LogP contribution in [0.25, 0.3) is 11.4 Å². The zero-order valence-corrected chi connectivity index (χ0v) is 20.1. The molecule has 1 amide bonds. The van der Waals surface area contributed by atoms with Crippen LogP contribution in [0.15, 0.2) is 12.1 Å². The summed E-state index contributed by atoms with van der Waals surface area (Å²) in [6.07, 6.45) is 5.94. The zero-order valence-electron chi connectivity index (χ0n) is 20.1. The van der Waals surface area contributed by atoms with E-state index in [1.807, 2.05) is 13.0 Å². The van der Waals surface area contributed by atoms with Crippen molar-refractivity contribution in [1.82, 2.24) is 24.9 Å². The fourth-order valence-corrected chi connectivity index (χ4v) is 4.58. The van der Waals surface area contributed by atoms with E-state index in [2.05, 4.69) is 15.3 Å². The summed E-state index contributed by atoms with van der Waals surface area (Å²) in [4.78, 5) is 30.0. The minimum atomic E-state index is -0.761. The van der Waals surface area contributed by atoms with Gasteiger partial charge in [-0.1, -0.05) is 11.6 Å². The number of amides is 1. The lowest BCUT2D eigenvalue weighted by Gasteiger charge is -2.29. The third kappa shape index (κ3) is 5.48. The van der Waals surface area contributed by atoms with Gasteiger partial charge in [-0.05, 0) is 63.5 Å². The number of rotatable bonds is 8. The van der Waals surface area contributed by atoms with Crippen molar-refractivity contribution >= 4 is 12.1 Å². The third-order valence-electron chi connectivity index (χ3n) is 6.89. The van der Waals surface area contributed by atoms with Crippen LogP contribution in [-0.4, -0.2) is 61.7 Å². The van der Waals surface area contributed by atoms with E-state index in [-0.39, 0.29) is 24.7 Å². The van der Waals surface area contributed by atoms with Crippen molar-refractivity contribution in [2.24, 2.45) is 18.9 Å². The molecule has 2 aromatic rings. The van der Waals surface area contributed by atoms with Gasteiger partial charge in [0, 0.05) is 20.6 Å². The van der Waals surface area contributed by atoms with Crippen molar-refractivity contribution < 1.29 is 24.2 Å². The second-order valence-electron chi connectivity index (χ2n) is 9.46. The van der Waals surface area contributed by atoms with Gasteiger partial charge in [0.15, 0.2) is 0 Å². The van der Waals surface area contributed by atoms with Crippen molar-refractivity contribution in [3.63, 3.8) is 0 Å². The Morgan fingerprint density at radius 3 is 2.65 bits per heavy atom. The molecule has 2 aliphatic carbocycles. The van der Waals surface area contributed by atoms with Gasteiger partial charge in [0.05, 0.1) is 23.4 Å². The summed E-state index contributed by atoms with van der Waals surface area (Å²) in [7, 11) is 3.52. The molecule has 0 radical (unpaired) electrons. The predicted molar refractivity (Wildman–Crippen MR) is 123 cm³/mol. The van der Waals surface area contributed by atoms with Crippen LogP contribution in [0.3, 0.4) is 0 Å². The molecule has 2 saturated carbocycles. The lowest BCUT2D eigenvalue weighted by molar-refractivity contribution is -0.143. The van der Waals surface area contributed by atoms with Crippen LogP contribution in [0, 0.1) is 18.8 Å². The minimum Gasteiger partial charge on any atom is -0.489 e. The smallest absolute Gasteiger partial charge is 0.409 e. The van der Waals surface area contributed by atoms with Crippen molar-refractivity contribution in [3.8, 4) is 17.1 Å². The number of aromatic nitrogens is 4. The number of carbonyl (C=O) groups is 2. The Labute approximate surface area is 199 Å². The first-order valence-electron chi connectivity index (χ1n) is 12.0. The Hall–Kier alpha value is -3.17. The summed E-state index contributed by atoms with van der Waals surface area (Å²) in [5.41, 5.74) is 2.50. The average Bonchev–Trinajstić information content (AvgIpc) is 3.16. The largest absolute Gasteiger partial charge is 0.489 e. The normalized spacial score (nSPS) is 20.4. The first-order chi connectivity index (χ1) is 16.3. The van der Waals surface area contributed by atoms with Gasteiger partial charge in [0.2, 0.25) is 0 Å². The van der Waals surface area contributed by atoms with Gasteiger partial charge >= 0.3 is 12.1 Å². The first-order valence-corrected chi connectivity index (χ1v) is 12.0. The number of ether oxygens (including phenoxy) is 2. The number of pyridine rings is 1. The number of hydrogen-bond acceptors (Lipinski definition) is 7. The van der Waals surface area contributed by atoms with E-state index < -0.39 is 5.97 Å². The molecule has 10 nitrogen and oxygen atoms in total. The van der Waals surface area contributed by atoms with Gasteiger partial charge < -0.3 is 19.5 Å². The van der Waals surface area contributed by atoms with Crippen molar-refractivity contribution in [1.29, 1.82) is 0 Å². The molecule has 2 unspecified atom stereocenters. The number of aliphatic carboxylic acids is 1. The highest BCUT2D eigenvalue weighted by Crippen LogP contribution is 2.31. The first kappa shape index (κ1) is 24.0. The molecule has 0 bridgehead atoms. The van der Waals surface area contributed by atoms with E-state index in [1.54, 1.807) is 29.7 Å². The average molecular weight is 472 g/mol. The summed E-state index contributed by atoms with van der Waals surface area (Å²) < 4.78 is 13.2. The van der Waals surface area contributed by atoms with E-state index >= 15 is 0 Å². The lowest BCUT2D eigenvalue weighted by Crippen LogP contribution is -2.34. The van der Waals surface area contributed by atoms with Crippen LogP contribution in [-0.2, 0) is 23.2 Å². The van der Waals surface area contributed by atoms with Gasteiger partial charge in [-0.15, -0.1) is 5.10 Å². The van der Waals surface area contributed by atoms with E-state index in [4.69, 9.17) is 9.47 Å². The maximum atomic E-state index is 12.4. The maximum absolute atomic E-state index is 12.4. The van der Waals surface area contributed by atoms with Crippen LogP contribution in [0.5, 0.6) is 5.75 Å². The summed E-state index contributed by atoms with van der Waals surface area (Å²) in [5.74, 6) is 0.0878. The second-order valence-corrected chi connectivity index (χ2v) is 9.46. The number of carbonyl (C=O) groups excluding carboxylic acids is 1. The zero-order chi connectivity index (χ0) is 24.2. The molecule has 1 N–H and O–H groups in total. The molecule has 2 fully saturated rings. The van der Waals surface area contributed by atoms with Gasteiger partial charge in [0.25, 0.3) is 0 Å². The second kappa shape index (κ2) is 10.4. The highest BCUT2D eigenvalue weighted by atomic mass is 16.6. The van der Waals surface area contributed by atoms with Crippen LogP contribution < -0.4 is 4.74 Å². The lowest BCUT2D eigenvalue weighted by atomic mass is 9.85. The fraction of sp³-hybridized carbons (Fsp3) is 0.625. The summed E-state index contributed by atoms with van der Waals surface area (Å²) in [6, 6.07) is 3.64. The highest BCUT2D eigenvalue weighted by molar-refractivity contribution is 5.70. The van der Waals surface area contributed by atoms with E-state index in [0.29, 0.717) is 53.8 Å². The molecule has 2 atom stereocenters. The number of aryl methyl sites for hydroxylation is 2. The van der Waals surface area contributed by atoms with Crippen LogP contribution in [0.2, 0.25) is 0 Å². The molecule has 0 aliphatic heterocycles. The molecule has 0 saturated heterocycles. The predicted octanol–water partition coefficient (Wildman–Crippen LogP) is 3.58. The molecule has 4 rings (SSSR count). The van der Waals surface area contributed by atoms with Gasteiger partial charge in [-0.2, -0.15) is 0 Å². The summed E-state index contributed by atoms with van der Waals surface area (Å²) in [6.45, 7) is 2.61. The standard InChI is InChI=1S/C24H33N5O5/c1-15-21(34-18-9-5-8-17(12-18)23(30)31)11-10-19(25-15)22-20(29(3)27-26-22)14-33-24(32)28(2)13-16-6-4-7-16/h10-11,16-18H,4-9,12-14H2,1-3H3,(H,30,31). The molecule has 2 heterocycles. The van der Waals surface area contributed by atoms with Gasteiger partial charge in [-0.3, -0.25) is 4.79 Å². The molecule has 0 aromatic carbocycles. The molecule has 10 heteroatoms. The quantitative estimate of drug-likeness (QED) is 0.620. The monoisotopic (exact) mass is 471 g/mol. The Balaban J connectivity index is 1.41. The molecular weight excluding hydrogens is 438 g/mol. The van der Waals surface area contributed by atoms with Crippen molar-refractivity contribution in [2.75, 3.05) is 13.6 Å². The molecule has 2 aliphatic rings. The molecule has 2 aromatic heterocycles. The van der Waals surface area contributed by atoms with E-state index in [1.165, 1.54) is 19.3 Å². The molecule has 0 spiro atoms. The Morgan fingerprint density at radius 2 is 1.97 bits per heavy atom.